The third kappa shape index (κ3) is 4.53. The number of thioether (sulfide) groups is 1. The number of nitrogens with one attached hydrogen (secondary N) is 1. The number of hydrogen-bond donors (Lipinski definition) is 1. The maximum absolute atomic E-state index is 12.3. The molecular weight excluding hydrogens is 294 g/mol. The van der Waals surface area contributed by atoms with Crippen molar-refractivity contribution in [2.45, 2.75) is 24.9 Å². The summed E-state index contributed by atoms with van der Waals surface area (Å²) in [6.45, 7) is 3.91. The Labute approximate surface area is 136 Å². The van der Waals surface area contributed by atoms with Crippen molar-refractivity contribution in [3.05, 3.63) is 59.7 Å². The predicted molar refractivity (Wildman–Crippen MR) is 93.6 cm³/mol. The van der Waals surface area contributed by atoms with Crippen LogP contribution in [0.1, 0.15) is 18.1 Å². The van der Waals surface area contributed by atoms with Crippen molar-refractivity contribution < 1.29 is 9.53 Å². The molecule has 0 saturated heterocycles. The molecule has 0 aliphatic carbocycles. The largest absolute Gasteiger partial charge is 0.495 e. The van der Waals surface area contributed by atoms with E-state index in [2.05, 4.69) is 17.4 Å². The lowest BCUT2D eigenvalue weighted by Gasteiger charge is -2.14. The van der Waals surface area contributed by atoms with E-state index in [0.717, 1.165) is 17.0 Å². The van der Waals surface area contributed by atoms with Crippen molar-refractivity contribution in [2.24, 2.45) is 0 Å². The molecule has 0 aromatic heterocycles. The van der Waals surface area contributed by atoms with Gasteiger partial charge in [0.05, 0.1) is 18.0 Å². The molecule has 0 unspecified atom stereocenters. The average molecular weight is 315 g/mol. The van der Waals surface area contributed by atoms with Crippen LogP contribution in [-0.4, -0.2) is 18.3 Å². The minimum atomic E-state index is -0.134. The van der Waals surface area contributed by atoms with Crippen LogP contribution in [-0.2, 0) is 10.5 Å². The topological polar surface area (TPSA) is 38.3 Å². The molecule has 0 radical (unpaired) electrons. The zero-order valence-corrected chi connectivity index (χ0v) is 13.9. The Hall–Kier alpha value is -1.94. The first-order valence-electron chi connectivity index (χ1n) is 7.21. The Morgan fingerprint density at radius 1 is 1.23 bits per heavy atom. The number of anilines is 1. The van der Waals surface area contributed by atoms with Gasteiger partial charge < -0.3 is 10.1 Å². The number of carbonyl (C=O) groups excluding carboxylic acids is 1. The second kappa shape index (κ2) is 7.90. The number of amides is 1. The molecule has 1 N–H and O–H groups in total. The SMILES string of the molecule is COc1ccc(C)cc1NC(=O)[C@H](C)SCc1ccccc1. The van der Waals surface area contributed by atoms with Gasteiger partial charge in [-0.15, -0.1) is 11.8 Å². The van der Waals surface area contributed by atoms with Crippen molar-refractivity contribution in [2.75, 3.05) is 12.4 Å². The monoisotopic (exact) mass is 315 g/mol. The first-order valence-corrected chi connectivity index (χ1v) is 8.26. The van der Waals surface area contributed by atoms with Crippen LogP contribution in [0.5, 0.6) is 5.75 Å². The molecule has 22 heavy (non-hydrogen) atoms. The summed E-state index contributed by atoms with van der Waals surface area (Å²) in [5.41, 5.74) is 3.03. The minimum Gasteiger partial charge on any atom is -0.495 e. The lowest BCUT2D eigenvalue weighted by molar-refractivity contribution is -0.115. The normalized spacial score (nSPS) is 11.8. The summed E-state index contributed by atoms with van der Waals surface area (Å²) in [7, 11) is 1.61. The highest BCUT2D eigenvalue weighted by Crippen LogP contribution is 2.26. The third-order valence-electron chi connectivity index (χ3n) is 3.32. The highest BCUT2D eigenvalue weighted by molar-refractivity contribution is 7.99. The van der Waals surface area contributed by atoms with Gasteiger partial charge >= 0.3 is 0 Å². The van der Waals surface area contributed by atoms with Crippen LogP contribution in [0.15, 0.2) is 48.5 Å². The van der Waals surface area contributed by atoms with E-state index in [4.69, 9.17) is 4.74 Å². The zero-order valence-electron chi connectivity index (χ0n) is 13.1. The fraction of sp³-hybridized carbons (Fsp3) is 0.278. The maximum Gasteiger partial charge on any atom is 0.237 e. The van der Waals surface area contributed by atoms with Crippen molar-refractivity contribution in [1.82, 2.24) is 0 Å². The van der Waals surface area contributed by atoms with E-state index in [9.17, 15) is 4.79 Å². The molecule has 0 saturated carbocycles. The summed E-state index contributed by atoms with van der Waals surface area (Å²) in [6, 6.07) is 15.9. The van der Waals surface area contributed by atoms with Gasteiger partial charge in [-0.1, -0.05) is 36.4 Å². The first kappa shape index (κ1) is 16.4. The summed E-state index contributed by atoms with van der Waals surface area (Å²) in [5.74, 6) is 1.49. The van der Waals surface area contributed by atoms with E-state index in [1.165, 1.54) is 5.56 Å². The Kier molecular flexibility index (Phi) is 5.90. The molecule has 0 bridgehead atoms. The summed E-state index contributed by atoms with van der Waals surface area (Å²) in [4.78, 5) is 12.3. The lowest BCUT2D eigenvalue weighted by Crippen LogP contribution is -2.23. The van der Waals surface area contributed by atoms with Crippen LogP contribution < -0.4 is 10.1 Å². The van der Waals surface area contributed by atoms with E-state index >= 15 is 0 Å². The molecule has 2 aromatic rings. The quantitative estimate of drug-likeness (QED) is 0.865. The fourth-order valence-corrected chi connectivity index (χ4v) is 2.87. The van der Waals surface area contributed by atoms with Crippen molar-refractivity contribution in [1.29, 1.82) is 0 Å². The lowest BCUT2D eigenvalue weighted by atomic mass is 10.2. The van der Waals surface area contributed by atoms with Crippen molar-refractivity contribution in [3.8, 4) is 5.75 Å². The number of ether oxygens (including phenoxy) is 1. The summed E-state index contributed by atoms with van der Waals surface area (Å²) in [5, 5.41) is 2.82. The van der Waals surface area contributed by atoms with Gasteiger partial charge in [-0.25, -0.2) is 0 Å². The smallest absolute Gasteiger partial charge is 0.237 e. The molecule has 1 atom stereocenters. The number of carbonyl (C=O) groups is 1. The van der Waals surface area contributed by atoms with Gasteiger partial charge in [0.25, 0.3) is 0 Å². The molecule has 2 rings (SSSR count). The molecule has 0 aliphatic heterocycles. The van der Waals surface area contributed by atoms with Crippen molar-refractivity contribution in [3.63, 3.8) is 0 Å². The van der Waals surface area contributed by atoms with Gasteiger partial charge in [0, 0.05) is 5.75 Å². The third-order valence-corrected chi connectivity index (χ3v) is 4.54. The van der Waals surface area contributed by atoms with Gasteiger partial charge in [-0.05, 0) is 37.1 Å². The molecular formula is C18H21NO2S. The highest BCUT2D eigenvalue weighted by atomic mass is 32.2. The molecule has 2 aromatic carbocycles. The van der Waals surface area contributed by atoms with Gasteiger partial charge in [-0.2, -0.15) is 0 Å². The van der Waals surface area contributed by atoms with E-state index in [1.807, 2.05) is 50.2 Å². The van der Waals surface area contributed by atoms with E-state index < -0.39 is 0 Å². The molecule has 116 valence electrons. The number of benzene rings is 2. The first-order chi connectivity index (χ1) is 10.6. The van der Waals surface area contributed by atoms with Crippen LogP contribution in [0.25, 0.3) is 0 Å². The van der Waals surface area contributed by atoms with Crippen LogP contribution in [0.4, 0.5) is 5.69 Å². The Morgan fingerprint density at radius 2 is 1.95 bits per heavy atom. The minimum absolute atomic E-state index is 0.00942. The van der Waals surface area contributed by atoms with E-state index in [0.29, 0.717) is 5.75 Å². The Bertz CT molecular complexity index is 628. The fourth-order valence-electron chi connectivity index (χ4n) is 2.03. The van der Waals surface area contributed by atoms with Crippen LogP contribution in [0, 0.1) is 6.92 Å². The number of aryl methyl sites for hydroxylation is 1. The predicted octanol–water partition coefficient (Wildman–Crippen LogP) is 4.26. The second-order valence-corrected chi connectivity index (χ2v) is 6.46. The van der Waals surface area contributed by atoms with E-state index in [1.54, 1.807) is 18.9 Å². The van der Waals surface area contributed by atoms with Crippen molar-refractivity contribution >= 4 is 23.4 Å². The average Bonchev–Trinajstić information content (AvgIpc) is 2.53. The molecule has 0 aliphatic rings. The maximum atomic E-state index is 12.3. The Balaban J connectivity index is 1.95. The van der Waals surface area contributed by atoms with Gasteiger partial charge in [0.1, 0.15) is 5.75 Å². The zero-order chi connectivity index (χ0) is 15.9. The van der Waals surface area contributed by atoms with Crippen LogP contribution >= 0.6 is 11.8 Å². The number of rotatable bonds is 6. The van der Waals surface area contributed by atoms with Crippen LogP contribution in [0.3, 0.4) is 0 Å². The summed E-state index contributed by atoms with van der Waals surface area (Å²) < 4.78 is 5.29. The highest BCUT2D eigenvalue weighted by Gasteiger charge is 2.15. The standard InChI is InChI=1S/C18H21NO2S/c1-13-9-10-17(21-3)16(11-13)19-18(20)14(2)22-12-15-7-5-4-6-8-15/h4-11,14H,12H2,1-3H3,(H,19,20)/t14-/m0/s1. The number of hydrogen-bond acceptors (Lipinski definition) is 3. The molecule has 0 spiro atoms. The number of methoxy groups -OCH3 is 1. The van der Waals surface area contributed by atoms with Gasteiger partial charge in [0.15, 0.2) is 0 Å². The summed E-state index contributed by atoms with van der Waals surface area (Å²) >= 11 is 1.62. The Morgan fingerprint density at radius 3 is 2.64 bits per heavy atom. The molecule has 4 heteroatoms. The van der Waals surface area contributed by atoms with Gasteiger partial charge in [-0.3, -0.25) is 4.79 Å². The second-order valence-electron chi connectivity index (χ2n) is 5.13. The summed E-state index contributed by atoms with van der Waals surface area (Å²) in [6.07, 6.45) is 0. The van der Waals surface area contributed by atoms with E-state index in [-0.39, 0.29) is 11.2 Å². The van der Waals surface area contributed by atoms with Gasteiger partial charge in [0.2, 0.25) is 5.91 Å². The molecule has 1 amide bonds. The van der Waals surface area contributed by atoms with Crippen LogP contribution in [0.2, 0.25) is 0 Å². The molecule has 0 heterocycles. The molecule has 3 nitrogen and oxygen atoms in total. The molecule has 0 fully saturated rings.